The van der Waals surface area contributed by atoms with E-state index in [2.05, 4.69) is 12.2 Å². The van der Waals surface area contributed by atoms with Crippen molar-refractivity contribution < 1.29 is 19.4 Å². The zero-order chi connectivity index (χ0) is 16.7. The van der Waals surface area contributed by atoms with Crippen molar-refractivity contribution in [1.29, 1.82) is 0 Å². The van der Waals surface area contributed by atoms with Gasteiger partial charge in [0.15, 0.2) is 0 Å². The number of ether oxygens (including phenoxy) is 2. The molecule has 0 rings (SSSR count). The van der Waals surface area contributed by atoms with Crippen LogP contribution < -0.4 is 5.32 Å². The number of amides is 1. The molecule has 0 fully saturated rings. The van der Waals surface area contributed by atoms with Crippen LogP contribution in [0, 0.1) is 5.92 Å². The number of hydrogen-bond donors (Lipinski definition) is 2. The fourth-order valence-corrected chi connectivity index (χ4v) is 1.75. The molecule has 126 valence electrons. The molecule has 0 aliphatic carbocycles. The molecule has 0 saturated carbocycles. The van der Waals surface area contributed by atoms with Gasteiger partial charge in [-0.25, -0.2) is 4.79 Å². The Balaban J connectivity index is 4.05. The topological polar surface area (TPSA) is 67.8 Å². The number of rotatable bonds is 8. The first-order valence-corrected chi connectivity index (χ1v) is 7.71. The molecule has 2 atom stereocenters. The molecule has 5 nitrogen and oxygen atoms in total. The normalized spacial score (nSPS) is 15.4. The van der Waals surface area contributed by atoms with Crippen molar-refractivity contribution in [3.05, 3.63) is 0 Å². The highest BCUT2D eigenvalue weighted by Crippen LogP contribution is 2.17. The maximum atomic E-state index is 11.7. The summed E-state index contributed by atoms with van der Waals surface area (Å²) in [5, 5.41) is 11.8. The lowest BCUT2D eigenvalue weighted by Crippen LogP contribution is -2.41. The molecule has 0 aliphatic heterocycles. The highest BCUT2D eigenvalue weighted by molar-refractivity contribution is 5.68. The van der Waals surface area contributed by atoms with E-state index in [1.807, 2.05) is 41.5 Å². The van der Waals surface area contributed by atoms with Gasteiger partial charge in [0.25, 0.3) is 0 Å². The van der Waals surface area contributed by atoms with Gasteiger partial charge in [-0.3, -0.25) is 0 Å². The van der Waals surface area contributed by atoms with Gasteiger partial charge >= 0.3 is 6.09 Å². The van der Waals surface area contributed by atoms with Crippen LogP contribution in [0.5, 0.6) is 0 Å². The fourth-order valence-electron chi connectivity index (χ4n) is 1.75. The summed E-state index contributed by atoms with van der Waals surface area (Å²) in [6, 6.07) is 0.0180. The highest BCUT2D eigenvalue weighted by Gasteiger charge is 2.22. The number of carbonyl (C=O) groups excluding carboxylic acids is 1. The van der Waals surface area contributed by atoms with E-state index in [4.69, 9.17) is 14.6 Å². The zero-order valence-electron chi connectivity index (χ0n) is 14.7. The van der Waals surface area contributed by atoms with E-state index in [0.29, 0.717) is 13.0 Å². The van der Waals surface area contributed by atoms with Gasteiger partial charge in [-0.2, -0.15) is 0 Å². The third kappa shape index (κ3) is 10.5. The average molecular weight is 303 g/mol. The number of carbonyl (C=O) groups is 1. The number of alkyl carbamates (subject to hydrolysis) is 1. The first-order chi connectivity index (χ1) is 9.47. The number of hydrogen-bond acceptors (Lipinski definition) is 4. The smallest absolute Gasteiger partial charge is 0.407 e. The monoisotopic (exact) mass is 303 g/mol. The number of nitrogens with one attached hydrogen (secondary N) is 1. The van der Waals surface area contributed by atoms with Crippen LogP contribution >= 0.6 is 0 Å². The lowest BCUT2D eigenvalue weighted by Gasteiger charge is -2.27. The van der Waals surface area contributed by atoms with Crippen molar-refractivity contribution in [2.24, 2.45) is 5.92 Å². The average Bonchev–Trinajstić information content (AvgIpc) is 2.25. The maximum absolute atomic E-state index is 11.7. The van der Waals surface area contributed by atoms with E-state index < -0.39 is 5.60 Å². The summed E-state index contributed by atoms with van der Waals surface area (Å²) in [5.74, 6) is 0.280. The molecule has 0 aromatic heterocycles. The second-order valence-corrected chi connectivity index (χ2v) is 7.28. The van der Waals surface area contributed by atoms with Crippen LogP contribution in [0.2, 0.25) is 0 Å². The Kier molecular flexibility index (Phi) is 8.26. The Morgan fingerprint density at radius 3 is 2.24 bits per heavy atom. The van der Waals surface area contributed by atoms with Crippen LogP contribution in [-0.4, -0.2) is 41.7 Å². The first-order valence-electron chi connectivity index (χ1n) is 7.71. The molecule has 0 bridgehead atoms. The third-order valence-corrected chi connectivity index (χ3v) is 3.38. The lowest BCUT2D eigenvalue weighted by atomic mass is 10.00. The first kappa shape index (κ1) is 20.2. The standard InChI is InChI=1S/C16H33NO4/c1-12(8-11-20-16(6,7)9-10-18)13(2)17-14(19)21-15(3,4)5/h12-13,18H,8-11H2,1-7H3,(H,17,19). The maximum Gasteiger partial charge on any atom is 0.407 e. The molecule has 0 saturated heterocycles. The van der Waals surface area contributed by atoms with E-state index in [0.717, 1.165) is 6.42 Å². The minimum absolute atomic E-state index is 0.0180. The highest BCUT2D eigenvalue weighted by atomic mass is 16.6. The van der Waals surface area contributed by atoms with Crippen LogP contribution in [0.15, 0.2) is 0 Å². The SMILES string of the molecule is CC(CCOC(C)(C)CCO)C(C)NC(=O)OC(C)(C)C. The second kappa shape index (κ2) is 8.59. The molecular weight excluding hydrogens is 270 g/mol. The summed E-state index contributed by atoms with van der Waals surface area (Å²) < 4.78 is 11.0. The predicted molar refractivity (Wildman–Crippen MR) is 84.3 cm³/mol. The molecule has 0 heterocycles. The Hall–Kier alpha value is -0.810. The van der Waals surface area contributed by atoms with Crippen LogP contribution in [-0.2, 0) is 9.47 Å². The van der Waals surface area contributed by atoms with Crippen molar-refractivity contribution >= 4 is 6.09 Å². The van der Waals surface area contributed by atoms with Crippen LogP contribution in [0.3, 0.4) is 0 Å². The van der Waals surface area contributed by atoms with Crippen LogP contribution in [0.25, 0.3) is 0 Å². The molecule has 0 radical (unpaired) electrons. The van der Waals surface area contributed by atoms with Gasteiger partial charge in [0, 0.05) is 19.3 Å². The minimum Gasteiger partial charge on any atom is -0.444 e. The molecule has 0 aromatic rings. The van der Waals surface area contributed by atoms with E-state index in [1.54, 1.807) is 0 Å². The molecule has 1 amide bonds. The molecule has 21 heavy (non-hydrogen) atoms. The zero-order valence-corrected chi connectivity index (χ0v) is 14.7. The third-order valence-electron chi connectivity index (χ3n) is 3.38. The van der Waals surface area contributed by atoms with E-state index in [9.17, 15) is 4.79 Å². The van der Waals surface area contributed by atoms with E-state index >= 15 is 0 Å². The quantitative estimate of drug-likeness (QED) is 0.723. The molecule has 5 heteroatoms. The van der Waals surface area contributed by atoms with Crippen LogP contribution in [0.1, 0.15) is 61.3 Å². The summed E-state index contributed by atoms with van der Waals surface area (Å²) in [7, 11) is 0. The fraction of sp³-hybridized carbons (Fsp3) is 0.938. The molecule has 0 spiro atoms. The Labute approximate surface area is 129 Å². The molecule has 0 aliphatic rings. The molecule has 2 unspecified atom stereocenters. The number of aliphatic hydroxyl groups excluding tert-OH is 1. The van der Waals surface area contributed by atoms with E-state index in [1.165, 1.54) is 0 Å². The van der Waals surface area contributed by atoms with Gasteiger partial charge in [-0.15, -0.1) is 0 Å². The molecule has 0 aromatic carbocycles. The minimum atomic E-state index is -0.482. The van der Waals surface area contributed by atoms with Gasteiger partial charge < -0.3 is 19.9 Å². The largest absolute Gasteiger partial charge is 0.444 e. The summed E-state index contributed by atoms with van der Waals surface area (Å²) in [6.45, 7) is 14.2. The van der Waals surface area contributed by atoms with Gasteiger partial charge in [-0.05, 0) is 60.3 Å². The van der Waals surface area contributed by atoms with Gasteiger partial charge in [0.05, 0.1) is 5.60 Å². The van der Waals surface area contributed by atoms with Crippen molar-refractivity contribution in [2.75, 3.05) is 13.2 Å². The lowest BCUT2D eigenvalue weighted by molar-refractivity contribution is -0.0382. The summed E-state index contributed by atoms with van der Waals surface area (Å²) in [4.78, 5) is 11.7. The number of aliphatic hydroxyl groups is 1. The second-order valence-electron chi connectivity index (χ2n) is 7.28. The van der Waals surface area contributed by atoms with Crippen LogP contribution in [0.4, 0.5) is 4.79 Å². The molecular formula is C16H33NO4. The van der Waals surface area contributed by atoms with Gasteiger partial charge in [-0.1, -0.05) is 6.92 Å². The van der Waals surface area contributed by atoms with Crippen molar-refractivity contribution in [3.8, 4) is 0 Å². The van der Waals surface area contributed by atoms with Crippen molar-refractivity contribution in [1.82, 2.24) is 5.32 Å². The van der Waals surface area contributed by atoms with Crippen molar-refractivity contribution in [2.45, 2.75) is 78.6 Å². The summed E-state index contributed by atoms with van der Waals surface area (Å²) >= 11 is 0. The van der Waals surface area contributed by atoms with Gasteiger partial charge in [0.2, 0.25) is 0 Å². The summed E-state index contributed by atoms with van der Waals surface area (Å²) in [5.41, 5.74) is -0.791. The predicted octanol–water partition coefficient (Wildman–Crippen LogP) is 3.10. The Bertz CT molecular complexity index is 310. The summed E-state index contributed by atoms with van der Waals surface area (Å²) in [6.07, 6.45) is 1.07. The van der Waals surface area contributed by atoms with Crippen molar-refractivity contribution in [3.63, 3.8) is 0 Å². The Morgan fingerprint density at radius 2 is 1.76 bits per heavy atom. The van der Waals surface area contributed by atoms with E-state index in [-0.39, 0.29) is 30.3 Å². The molecule has 2 N–H and O–H groups in total. The van der Waals surface area contributed by atoms with Gasteiger partial charge in [0.1, 0.15) is 5.60 Å². The Morgan fingerprint density at radius 1 is 1.19 bits per heavy atom.